The molecule has 2 aromatic rings. The van der Waals surface area contributed by atoms with E-state index in [0.29, 0.717) is 18.7 Å². The third-order valence-corrected chi connectivity index (χ3v) is 4.82. The first-order valence-corrected chi connectivity index (χ1v) is 9.46. The smallest absolute Gasteiger partial charge is 0.252 e. The summed E-state index contributed by atoms with van der Waals surface area (Å²) in [5.74, 6) is 1.55. The number of rotatable bonds is 7. The van der Waals surface area contributed by atoms with Crippen molar-refractivity contribution in [2.75, 3.05) is 31.6 Å². The summed E-state index contributed by atoms with van der Waals surface area (Å²) in [6.07, 6.45) is 4.88. The molecule has 0 aliphatic carbocycles. The van der Waals surface area contributed by atoms with Crippen LogP contribution in [-0.4, -0.2) is 48.8 Å². The van der Waals surface area contributed by atoms with Crippen LogP contribution in [0.15, 0.2) is 42.6 Å². The molecule has 0 spiro atoms. The van der Waals surface area contributed by atoms with Gasteiger partial charge in [0.15, 0.2) is 0 Å². The number of aliphatic hydroxyl groups is 1. The molecule has 3 rings (SSSR count). The number of anilines is 1. The SMILES string of the molecule is COc1ccc(CCCNC(=O)c2ccc(N3CCCC(O)C3)nc2)cc1. The standard InChI is InChI=1S/C21H27N3O3/c1-27-19-9-6-16(7-10-19)4-2-12-22-21(26)17-8-11-20(23-14-17)24-13-3-5-18(25)15-24/h6-11,14,18,25H,2-5,12-13,15H2,1H3,(H,22,26). The van der Waals surface area contributed by atoms with Crippen LogP contribution in [0.3, 0.4) is 0 Å². The van der Waals surface area contributed by atoms with Gasteiger partial charge in [-0.05, 0) is 55.5 Å². The average Bonchev–Trinajstić information content (AvgIpc) is 2.71. The Hall–Kier alpha value is -2.60. The summed E-state index contributed by atoms with van der Waals surface area (Å²) in [4.78, 5) is 18.7. The number of ether oxygens (including phenoxy) is 1. The molecule has 27 heavy (non-hydrogen) atoms. The Bertz CT molecular complexity index is 731. The highest BCUT2D eigenvalue weighted by Gasteiger charge is 2.19. The van der Waals surface area contributed by atoms with Crippen LogP contribution in [0.2, 0.25) is 0 Å². The number of carbonyl (C=O) groups is 1. The lowest BCUT2D eigenvalue weighted by atomic mass is 10.1. The number of methoxy groups -OCH3 is 1. The van der Waals surface area contributed by atoms with E-state index >= 15 is 0 Å². The van der Waals surface area contributed by atoms with Crippen molar-refractivity contribution in [3.63, 3.8) is 0 Å². The maximum atomic E-state index is 12.3. The van der Waals surface area contributed by atoms with Gasteiger partial charge < -0.3 is 20.1 Å². The zero-order valence-corrected chi connectivity index (χ0v) is 15.7. The van der Waals surface area contributed by atoms with Crippen LogP contribution < -0.4 is 15.0 Å². The molecular formula is C21H27N3O3. The monoisotopic (exact) mass is 369 g/mol. The lowest BCUT2D eigenvalue weighted by Gasteiger charge is -2.30. The van der Waals surface area contributed by atoms with E-state index in [-0.39, 0.29) is 12.0 Å². The summed E-state index contributed by atoms with van der Waals surface area (Å²) in [5.41, 5.74) is 1.78. The van der Waals surface area contributed by atoms with Crippen molar-refractivity contribution in [1.82, 2.24) is 10.3 Å². The largest absolute Gasteiger partial charge is 0.497 e. The van der Waals surface area contributed by atoms with Gasteiger partial charge in [0.2, 0.25) is 0 Å². The Balaban J connectivity index is 1.43. The molecule has 144 valence electrons. The number of β-amino-alcohol motifs (C(OH)–C–C–N with tert-alkyl or cyclic N) is 1. The molecular weight excluding hydrogens is 342 g/mol. The molecule has 1 aromatic heterocycles. The van der Waals surface area contributed by atoms with Gasteiger partial charge in [-0.1, -0.05) is 12.1 Å². The second-order valence-corrected chi connectivity index (χ2v) is 6.85. The number of nitrogens with zero attached hydrogens (tertiary/aromatic N) is 2. The van der Waals surface area contributed by atoms with E-state index in [4.69, 9.17) is 4.74 Å². The van der Waals surface area contributed by atoms with Gasteiger partial charge in [0, 0.05) is 25.8 Å². The number of aryl methyl sites for hydroxylation is 1. The van der Waals surface area contributed by atoms with Gasteiger partial charge in [-0.3, -0.25) is 4.79 Å². The van der Waals surface area contributed by atoms with Crippen molar-refractivity contribution in [3.05, 3.63) is 53.7 Å². The number of piperidine rings is 1. The number of aromatic nitrogens is 1. The van der Waals surface area contributed by atoms with Crippen molar-refractivity contribution in [1.29, 1.82) is 0 Å². The van der Waals surface area contributed by atoms with E-state index in [1.807, 2.05) is 30.3 Å². The predicted octanol–water partition coefficient (Wildman–Crippen LogP) is 2.41. The fraction of sp³-hybridized carbons (Fsp3) is 0.429. The van der Waals surface area contributed by atoms with Crippen LogP contribution >= 0.6 is 0 Å². The lowest BCUT2D eigenvalue weighted by Crippen LogP contribution is -2.38. The Morgan fingerprint density at radius 3 is 2.78 bits per heavy atom. The maximum absolute atomic E-state index is 12.3. The number of nitrogens with one attached hydrogen (secondary N) is 1. The van der Waals surface area contributed by atoms with E-state index in [9.17, 15) is 9.90 Å². The summed E-state index contributed by atoms with van der Waals surface area (Å²) in [7, 11) is 1.65. The first kappa shape index (κ1) is 19.2. The highest BCUT2D eigenvalue weighted by Crippen LogP contribution is 2.18. The van der Waals surface area contributed by atoms with Gasteiger partial charge >= 0.3 is 0 Å². The highest BCUT2D eigenvalue weighted by atomic mass is 16.5. The third kappa shape index (κ3) is 5.44. The number of benzene rings is 1. The number of hydrogen-bond donors (Lipinski definition) is 2. The van der Waals surface area contributed by atoms with Crippen molar-refractivity contribution in [3.8, 4) is 5.75 Å². The molecule has 6 heteroatoms. The van der Waals surface area contributed by atoms with Crippen LogP contribution in [0.4, 0.5) is 5.82 Å². The Morgan fingerprint density at radius 2 is 2.11 bits per heavy atom. The Kier molecular flexibility index (Phi) is 6.65. The average molecular weight is 369 g/mol. The molecule has 1 aromatic carbocycles. The molecule has 1 saturated heterocycles. The topological polar surface area (TPSA) is 74.7 Å². The van der Waals surface area contributed by atoms with Crippen molar-refractivity contribution >= 4 is 11.7 Å². The Morgan fingerprint density at radius 1 is 1.30 bits per heavy atom. The molecule has 1 aliphatic rings. The maximum Gasteiger partial charge on any atom is 0.252 e. The number of hydrogen-bond acceptors (Lipinski definition) is 5. The van der Waals surface area contributed by atoms with Crippen molar-refractivity contribution < 1.29 is 14.6 Å². The van der Waals surface area contributed by atoms with Gasteiger partial charge in [0.25, 0.3) is 5.91 Å². The summed E-state index contributed by atoms with van der Waals surface area (Å²) in [5, 5.41) is 12.7. The summed E-state index contributed by atoms with van der Waals surface area (Å²) >= 11 is 0. The third-order valence-electron chi connectivity index (χ3n) is 4.82. The fourth-order valence-corrected chi connectivity index (χ4v) is 3.26. The first-order chi connectivity index (χ1) is 13.2. The Labute approximate surface area is 160 Å². The highest BCUT2D eigenvalue weighted by molar-refractivity contribution is 5.94. The van der Waals surface area contributed by atoms with Gasteiger partial charge in [-0.2, -0.15) is 0 Å². The molecule has 2 N–H and O–H groups in total. The lowest BCUT2D eigenvalue weighted by molar-refractivity contribution is 0.0952. The zero-order chi connectivity index (χ0) is 19.1. The minimum absolute atomic E-state index is 0.109. The van der Waals surface area contributed by atoms with E-state index in [2.05, 4.69) is 15.2 Å². The second-order valence-electron chi connectivity index (χ2n) is 6.85. The van der Waals surface area contributed by atoms with Gasteiger partial charge in [0.1, 0.15) is 11.6 Å². The van der Waals surface area contributed by atoms with E-state index in [1.54, 1.807) is 19.4 Å². The van der Waals surface area contributed by atoms with Crippen molar-refractivity contribution in [2.45, 2.75) is 31.8 Å². The molecule has 0 radical (unpaired) electrons. The van der Waals surface area contributed by atoms with Crippen molar-refractivity contribution in [2.24, 2.45) is 0 Å². The summed E-state index contributed by atoms with van der Waals surface area (Å²) in [6, 6.07) is 11.6. The van der Waals surface area contributed by atoms with Crippen LogP contribution in [0.1, 0.15) is 35.2 Å². The van der Waals surface area contributed by atoms with Crippen LogP contribution in [0, 0.1) is 0 Å². The molecule has 0 bridgehead atoms. The summed E-state index contributed by atoms with van der Waals surface area (Å²) < 4.78 is 5.15. The number of aliphatic hydroxyl groups excluding tert-OH is 1. The predicted molar refractivity (Wildman–Crippen MR) is 105 cm³/mol. The first-order valence-electron chi connectivity index (χ1n) is 9.46. The molecule has 2 heterocycles. The quantitative estimate of drug-likeness (QED) is 0.733. The number of amides is 1. The normalized spacial score (nSPS) is 16.8. The summed E-state index contributed by atoms with van der Waals surface area (Å²) in [6.45, 7) is 2.11. The molecule has 1 fully saturated rings. The van der Waals surface area contributed by atoms with Crippen LogP contribution in [-0.2, 0) is 6.42 Å². The van der Waals surface area contributed by atoms with E-state index in [1.165, 1.54) is 5.56 Å². The molecule has 1 aliphatic heterocycles. The zero-order valence-electron chi connectivity index (χ0n) is 15.7. The molecule has 1 atom stereocenters. The molecule has 0 saturated carbocycles. The van der Waals surface area contributed by atoms with E-state index in [0.717, 1.165) is 43.8 Å². The number of carbonyl (C=O) groups excluding carboxylic acids is 1. The van der Waals surface area contributed by atoms with Gasteiger partial charge in [-0.15, -0.1) is 0 Å². The minimum Gasteiger partial charge on any atom is -0.497 e. The van der Waals surface area contributed by atoms with E-state index < -0.39 is 0 Å². The van der Waals surface area contributed by atoms with Gasteiger partial charge in [-0.25, -0.2) is 4.98 Å². The molecule has 6 nitrogen and oxygen atoms in total. The molecule has 1 unspecified atom stereocenters. The van der Waals surface area contributed by atoms with Gasteiger partial charge in [0.05, 0.1) is 18.8 Å². The fourth-order valence-electron chi connectivity index (χ4n) is 3.26. The minimum atomic E-state index is -0.297. The second kappa shape index (κ2) is 9.37. The molecule has 1 amide bonds. The van der Waals surface area contributed by atoms with Crippen LogP contribution in [0.25, 0.3) is 0 Å². The number of pyridine rings is 1. The van der Waals surface area contributed by atoms with Crippen LogP contribution in [0.5, 0.6) is 5.75 Å².